The monoisotopic (exact) mass is 382 g/mol. The molecule has 0 saturated heterocycles. The summed E-state index contributed by atoms with van der Waals surface area (Å²) in [6.45, 7) is 3.06. The van der Waals surface area contributed by atoms with Gasteiger partial charge in [-0.3, -0.25) is 9.52 Å². The molecule has 2 rings (SSSR count). The molecule has 7 nitrogen and oxygen atoms in total. The van der Waals surface area contributed by atoms with Crippen LogP contribution in [0.5, 0.6) is 0 Å². The van der Waals surface area contributed by atoms with Crippen molar-refractivity contribution in [1.82, 2.24) is 5.32 Å². The highest BCUT2D eigenvalue weighted by atomic mass is 32.2. The van der Waals surface area contributed by atoms with Gasteiger partial charge < -0.3 is 10.1 Å². The zero-order chi connectivity index (χ0) is 18.7. The van der Waals surface area contributed by atoms with Crippen molar-refractivity contribution in [2.75, 3.05) is 11.8 Å². The first-order chi connectivity index (χ1) is 11.7. The minimum Gasteiger partial charge on any atom is -0.467 e. The summed E-state index contributed by atoms with van der Waals surface area (Å²) in [5, 5.41) is 4.23. The molecule has 1 aromatic carbocycles. The molecule has 9 heteroatoms. The average molecular weight is 382 g/mol. The molecule has 1 amide bonds. The number of ether oxygens (including phenoxy) is 1. The van der Waals surface area contributed by atoms with Gasteiger partial charge in [-0.05, 0) is 49.6 Å². The van der Waals surface area contributed by atoms with Crippen LogP contribution in [0.3, 0.4) is 0 Å². The predicted molar refractivity (Wildman–Crippen MR) is 95.1 cm³/mol. The number of carbonyl (C=O) groups excluding carboxylic acids is 2. The lowest BCUT2D eigenvalue weighted by molar-refractivity contribution is -0.146. The van der Waals surface area contributed by atoms with Crippen LogP contribution in [0.25, 0.3) is 0 Å². The smallest absolute Gasteiger partial charge is 0.330 e. The Morgan fingerprint density at radius 1 is 1.12 bits per heavy atom. The third kappa shape index (κ3) is 4.58. The Hall–Kier alpha value is -2.39. The van der Waals surface area contributed by atoms with E-state index in [0.29, 0.717) is 5.69 Å². The molecule has 0 bridgehead atoms. The van der Waals surface area contributed by atoms with E-state index < -0.39 is 27.4 Å². The summed E-state index contributed by atoms with van der Waals surface area (Å²) < 4.78 is 31.6. The van der Waals surface area contributed by atoms with Crippen LogP contribution in [0, 0.1) is 0 Å². The second-order valence-corrected chi connectivity index (χ2v) is 8.54. The fourth-order valence-corrected chi connectivity index (χ4v) is 4.03. The molecule has 2 aromatic rings. The molecular weight excluding hydrogens is 364 g/mol. The topological polar surface area (TPSA) is 102 Å². The van der Waals surface area contributed by atoms with Crippen LogP contribution in [0.15, 0.2) is 46.0 Å². The molecule has 1 heterocycles. The maximum Gasteiger partial charge on any atom is 0.330 e. The van der Waals surface area contributed by atoms with Crippen molar-refractivity contribution in [1.29, 1.82) is 0 Å². The number of thiophene rings is 1. The molecule has 25 heavy (non-hydrogen) atoms. The molecule has 0 fully saturated rings. The second kappa shape index (κ2) is 7.24. The molecule has 0 aliphatic carbocycles. The number of hydrogen-bond donors (Lipinski definition) is 2. The van der Waals surface area contributed by atoms with E-state index in [9.17, 15) is 18.0 Å². The number of rotatable bonds is 6. The Labute approximate surface area is 150 Å². The van der Waals surface area contributed by atoms with Crippen LogP contribution in [0.2, 0.25) is 0 Å². The Morgan fingerprint density at radius 3 is 2.28 bits per heavy atom. The summed E-state index contributed by atoms with van der Waals surface area (Å²) in [6, 6.07) is 9.04. The van der Waals surface area contributed by atoms with Gasteiger partial charge in [-0.15, -0.1) is 11.3 Å². The Morgan fingerprint density at radius 2 is 1.76 bits per heavy atom. The molecule has 0 atom stereocenters. The van der Waals surface area contributed by atoms with Crippen LogP contribution in [-0.2, 0) is 19.6 Å². The van der Waals surface area contributed by atoms with Crippen molar-refractivity contribution >= 4 is 38.9 Å². The van der Waals surface area contributed by atoms with E-state index in [1.807, 2.05) is 0 Å². The first-order valence-corrected chi connectivity index (χ1v) is 9.59. The predicted octanol–water partition coefficient (Wildman–Crippen LogP) is 2.23. The molecule has 0 aliphatic rings. The van der Waals surface area contributed by atoms with E-state index in [2.05, 4.69) is 14.8 Å². The summed E-state index contributed by atoms with van der Waals surface area (Å²) in [5.74, 6) is -1.04. The van der Waals surface area contributed by atoms with Crippen LogP contribution in [-0.4, -0.2) is 32.9 Å². The maximum atomic E-state index is 12.2. The Balaban J connectivity index is 2.10. The number of anilines is 1. The molecule has 0 spiro atoms. The molecule has 134 valence electrons. The van der Waals surface area contributed by atoms with Gasteiger partial charge in [-0.25, -0.2) is 13.2 Å². The minimum absolute atomic E-state index is 0.203. The van der Waals surface area contributed by atoms with Crippen molar-refractivity contribution < 1.29 is 22.7 Å². The molecule has 0 radical (unpaired) electrons. The van der Waals surface area contributed by atoms with Crippen molar-refractivity contribution in [3.63, 3.8) is 0 Å². The van der Waals surface area contributed by atoms with E-state index in [0.717, 1.165) is 11.3 Å². The fourth-order valence-electron chi connectivity index (χ4n) is 1.97. The third-order valence-corrected chi connectivity index (χ3v) is 6.06. The van der Waals surface area contributed by atoms with E-state index in [1.165, 1.54) is 51.3 Å². The van der Waals surface area contributed by atoms with Crippen LogP contribution >= 0.6 is 11.3 Å². The van der Waals surface area contributed by atoms with Crippen molar-refractivity contribution in [2.45, 2.75) is 23.6 Å². The third-order valence-electron chi connectivity index (χ3n) is 3.28. The summed E-state index contributed by atoms with van der Waals surface area (Å²) in [7, 11) is -2.40. The molecular formula is C16H18N2O5S2. The first-order valence-electron chi connectivity index (χ1n) is 7.23. The lowest BCUT2D eigenvalue weighted by Crippen LogP contribution is -2.50. The second-order valence-electron chi connectivity index (χ2n) is 5.69. The zero-order valence-corrected chi connectivity index (χ0v) is 15.5. The van der Waals surface area contributed by atoms with Crippen LogP contribution in [0.1, 0.15) is 24.2 Å². The normalized spacial score (nSPS) is 11.6. The average Bonchev–Trinajstić information content (AvgIpc) is 3.09. The standard InChI is InChI=1S/C16H18N2O5S2/c1-16(2,15(20)23-3)17-14(19)11-6-8-12(9-7-11)18-25(21,22)13-5-4-10-24-13/h4-10,18H,1-3H3,(H,17,19). The van der Waals surface area contributed by atoms with Crippen molar-refractivity contribution in [3.05, 3.63) is 47.3 Å². The van der Waals surface area contributed by atoms with Gasteiger partial charge in [-0.1, -0.05) is 6.07 Å². The number of amides is 1. The van der Waals surface area contributed by atoms with Crippen molar-refractivity contribution in [2.24, 2.45) is 0 Å². The highest BCUT2D eigenvalue weighted by molar-refractivity contribution is 7.94. The van der Waals surface area contributed by atoms with Crippen molar-refractivity contribution in [3.8, 4) is 0 Å². The zero-order valence-electron chi connectivity index (χ0n) is 13.9. The van der Waals surface area contributed by atoms with E-state index in [-0.39, 0.29) is 9.77 Å². The maximum absolute atomic E-state index is 12.2. The van der Waals surface area contributed by atoms with Crippen LogP contribution < -0.4 is 10.0 Å². The number of sulfonamides is 1. The minimum atomic E-state index is -3.64. The number of benzene rings is 1. The lowest BCUT2D eigenvalue weighted by atomic mass is 10.0. The SMILES string of the molecule is COC(=O)C(C)(C)NC(=O)c1ccc(NS(=O)(=O)c2cccs2)cc1. The van der Waals surface area contributed by atoms with Gasteiger partial charge >= 0.3 is 5.97 Å². The number of nitrogens with one attached hydrogen (secondary N) is 2. The van der Waals surface area contributed by atoms with E-state index >= 15 is 0 Å². The highest BCUT2D eigenvalue weighted by Crippen LogP contribution is 2.20. The molecule has 0 saturated carbocycles. The number of esters is 1. The van der Waals surface area contributed by atoms with Gasteiger partial charge in [0.2, 0.25) is 0 Å². The fraction of sp³-hybridized carbons (Fsp3) is 0.250. The Bertz CT molecular complexity index is 856. The summed E-state index contributed by atoms with van der Waals surface area (Å²) in [6.07, 6.45) is 0. The van der Waals surface area contributed by atoms with Gasteiger partial charge in [0.15, 0.2) is 0 Å². The quantitative estimate of drug-likeness (QED) is 0.746. The molecule has 1 aromatic heterocycles. The highest BCUT2D eigenvalue weighted by Gasteiger charge is 2.30. The molecule has 0 aliphatic heterocycles. The van der Waals surface area contributed by atoms with Gasteiger partial charge in [0.05, 0.1) is 7.11 Å². The summed E-state index contributed by atoms with van der Waals surface area (Å²) in [5.41, 5.74) is -0.557. The first kappa shape index (κ1) is 18.9. The van der Waals surface area contributed by atoms with E-state index in [4.69, 9.17) is 0 Å². The van der Waals surface area contributed by atoms with E-state index in [1.54, 1.807) is 11.4 Å². The Kier molecular flexibility index (Phi) is 5.48. The molecule has 2 N–H and O–H groups in total. The summed E-state index contributed by atoms with van der Waals surface area (Å²) in [4.78, 5) is 23.8. The summed E-state index contributed by atoms with van der Waals surface area (Å²) >= 11 is 1.11. The molecule has 0 unspecified atom stereocenters. The van der Waals surface area contributed by atoms with Gasteiger partial charge in [0, 0.05) is 11.3 Å². The number of hydrogen-bond acceptors (Lipinski definition) is 6. The largest absolute Gasteiger partial charge is 0.467 e. The lowest BCUT2D eigenvalue weighted by Gasteiger charge is -2.23. The number of methoxy groups -OCH3 is 1. The van der Waals surface area contributed by atoms with Gasteiger partial charge in [0.1, 0.15) is 9.75 Å². The van der Waals surface area contributed by atoms with Gasteiger partial charge in [0.25, 0.3) is 15.9 Å². The number of carbonyl (C=O) groups is 2. The van der Waals surface area contributed by atoms with Gasteiger partial charge in [-0.2, -0.15) is 0 Å². The van der Waals surface area contributed by atoms with Crippen LogP contribution in [0.4, 0.5) is 5.69 Å².